The highest BCUT2D eigenvalue weighted by atomic mass is 32.1. The Morgan fingerprint density at radius 3 is 2.71 bits per heavy atom. The van der Waals surface area contributed by atoms with Gasteiger partial charge in [-0.05, 0) is 31.0 Å². The number of nitrogens with one attached hydrogen (secondary N) is 2. The van der Waals surface area contributed by atoms with Crippen molar-refractivity contribution in [1.29, 1.82) is 0 Å². The second kappa shape index (κ2) is 9.45. The number of ether oxygens (including phenoxy) is 1. The first-order valence-corrected chi connectivity index (χ1v) is 10.2. The van der Waals surface area contributed by atoms with Crippen LogP contribution in [0.25, 0.3) is 0 Å². The summed E-state index contributed by atoms with van der Waals surface area (Å²) in [5.74, 6) is -0.642. The highest BCUT2D eigenvalue weighted by Gasteiger charge is 2.21. The van der Waals surface area contributed by atoms with Crippen LogP contribution in [0.15, 0.2) is 29.6 Å². The van der Waals surface area contributed by atoms with E-state index in [1.54, 1.807) is 29.6 Å². The normalized spacial score (nSPS) is 14.3. The van der Waals surface area contributed by atoms with Crippen LogP contribution in [0.3, 0.4) is 0 Å². The zero-order chi connectivity index (χ0) is 19.9. The number of anilines is 2. The summed E-state index contributed by atoms with van der Waals surface area (Å²) in [6.45, 7) is 0. The molecular weight excluding hydrogens is 378 g/mol. The molecule has 1 heterocycles. The molecule has 7 nitrogen and oxygen atoms in total. The summed E-state index contributed by atoms with van der Waals surface area (Å²) in [5.41, 5.74) is 1.57. The maximum absolute atomic E-state index is 12.5. The van der Waals surface area contributed by atoms with Gasteiger partial charge in [0.1, 0.15) is 0 Å². The van der Waals surface area contributed by atoms with Gasteiger partial charge in [-0.2, -0.15) is 0 Å². The molecule has 0 bridgehead atoms. The second-order valence-corrected chi connectivity index (χ2v) is 7.61. The highest BCUT2D eigenvalue weighted by Crippen LogP contribution is 2.25. The monoisotopic (exact) mass is 401 g/mol. The van der Waals surface area contributed by atoms with Gasteiger partial charge in [-0.3, -0.25) is 19.7 Å². The van der Waals surface area contributed by atoms with Crippen molar-refractivity contribution in [3.8, 4) is 0 Å². The number of hydrogen-bond acceptors (Lipinski definition) is 6. The number of thiazole rings is 1. The second-order valence-electron chi connectivity index (χ2n) is 6.76. The zero-order valence-electron chi connectivity index (χ0n) is 15.7. The topological polar surface area (TPSA) is 97.4 Å². The Morgan fingerprint density at radius 1 is 1.18 bits per heavy atom. The molecule has 1 fully saturated rings. The van der Waals surface area contributed by atoms with Crippen molar-refractivity contribution in [2.24, 2.45) is 5.92 Å². The molecule has 1 aromatic carbocycles. The number of rotatable bonds is 6. The fourth-order valence-corrected chi connectivity index (χ4v) is 3.89. The molecule has 0 atom stereocenters. The average Bonchev–Trinajstić information content (AvgIpc) is 3.15. The maximum atomic E-state index is 12.5. The van der Waals surface area contributed by atoms with Crippen molar-refractivity contribution in [3.05, 3.63) is 40.9 Å². The molecule has 2 amide bonds. The van der Waals surface area contributed by atoms with Gasteiger partial charge < -0.3 is 10.1 Å². The van der Waals surface area contributed by atoms with Gasteiger partial charge in [0.15, 0.2) is 5.13 Å². The molecule has 0 unspecified atom stereocenters. The Hall–Kier alpha value is -2.74. The van der Waals surface area contributed by atoms with Crippen LogP contribution in [0.5, 0.6) is 0 Å². The summed E-state index contributed by atoms with van der Waals surface area (Å²) in [6, 6.07) is 6.83. The van der Waals surface area contributed by atoms with Crippen LogP contribution < -0.4 is 10.6 Å². The number of nitrogens with zero attached hydrogens (tertiary/aromatic N) is 1. The Balaban J connectivity index is 1.60. The van der Waals surface area contributed by atoms with Crippen LogP contribution in [0.2, 0.25) is 0 Å². The van der Waals surface area contributed by atoms with Crippen molar-refractivity contribution in [2.45, 2.75) is 38.5 Å². The predicted octanol–water partition coefficient (Wildman–Crippen LogP) is 3.63. The lowest BCUT2D eigenvalue weighted by Gasteiger charge is -2.20. The summed E-state index contributed by atoms with van der Waals surface area (Å²) in [5, 5.41) is 7.74. The number of aromatic nitrogens is 1. The molecule has 1 aliphatic carbocycles. The summed E-state index contributed by atoms with van der Waals surface area (Å²) in [4.78, 5) is 40.4. The van der Waals surface area contributed by atoms with Gasteiger partial charge in [-0.15, -0.1) is 11.3 Å². The molecule has 0 aliphatic heterocycles. The standard InChI is InChI=1S/C20H23N3O4S/c1-27-17(24)11-16-12-28-20(22-16)23-19(26)14-8-5-9-15(10-14)21-18(25)13-6-3-2-4-7-13/h5,8-10,12-13H,2-4,6-7,11H2,1H3,(H,21,25)(H,22,23,26). The number of esters is 1. The van der Waals surface area contributed by atoms with Crippen LogP contribution in [-0.2, 0) is 20.7 Å². The SMILES string of the molecule is COC(=O)Cc1csc(NC(=O)c2cccc(NC(=O)C3CCCCC3)c2)n1. The van der Waals surface area contributed by atoms with Crippen LogP contribution in [-0.4, -0.2) is 29.9 Å². The molecular formula is C20H23N3O4S. The van der Waals surface area contributed by atoms with Crippen molar-refractivity contribution in [1.82, 2.24) is 4.98 Å². The zero-order valence-corrected chi connectivity index (χ0v) is 16.5. The summed E-state index contributed by atoms with van der Waals surface area (Å²) in [6.07, 6.45) is 5.27. The average molecular weight is 401 g/mol. The van der Waals surface area contributed by atoms with Crippen LogP contribution >= 0.6 is 11.3 Å². The van der Waals surface area contributed by atoms with Crippen LogP contribution in [0.1, 0.15) is 48.2 Å². The number of carbonyl (C=O) groups is 3. The van der Waals surface area contributed by atoms with Crippen molar-refractivity contribution in [3.63, 3.8) is 0 Å². The van der Waals surface area contributed by atoms with E-state index in [0.29, 0.717) is 22.1 Å². The number of carbonyl (C=O) groups excluding carboxylic acids is 3. The van der Waals surface area contributed by atoms with E-state index in [-0.39, 0.29) is 30.1 Å². The van der Waals surface area contributed by atoms with Gasteiger partial charge in [0.25, 0.3) is 5.91 Å². The fourth-order valence-electron chi connectivity index (χ4n) is 3.18. The molecule has 0 radical (unpaired) electrons. The van der Waals surface area contributed by atoms with Crippen LogP contribution in [0, 0.1) is 5.92 Å². The van der Waals surface area contributed by atoms with E-state index in [4.69, 9.17) is 0 Å². The van der Waals surface area contributed by atoms with Crippen molar-refractivity contribution in [2.75, 3.05) is 17.7 Å². The number of hydrogen-bond donors (Lipinski definition) is 2. The minimum absolute atomic E-state index is 0.0182. The molecule has 0 saturated heterocycles. The minimum atomic E-state index is -0.385. The molecule has 1 saturated carbocycles. The summed E-state index contributed by atoms with van der Waals surface area (Å²) < 4.78 is 4.61. The molecule has 8 heteroatoms. The third-order valence-corrected chi connectivity index (χ3v) is 5.50. The van der Waals surface area contributed by atoms with Gasteiger partial charge in [-0.25, -0.2) is 4.98 Å². The first-order chi connectivity index (χ1) is 13.5. The predicted molar refractivity (Wildman–Crippen MR) is 107 cm³/mol. The van der Waals surface area contributed by atoms with E-state index in [1.807, 2.05) is 0 Å². The van der Waals surface area contributed by atoms with E-state index in [0.717, 1.165) is 25.7 Å². The molecule has 148 valence electrons. The highest BCUT2D eigenvalue weighted by molar-refractivity contribution is 7.14. The summed E-state index contributed by atoms with van der Waals surface area (Å²) in [7, 11) is 1.32. The summed E-state index contributed by atoms with van der Waals surface area (Å²) >= 11 is 1.24. The van der Waals surface area contributed by atoms with Crippen molar-refractivity contribution < 1.29 is 19.1 Å². The van der Waals surface area contributed by atoms with E-state index in [1.165, 1.54) is 24.9 Å². The Labute approximate surface area is 167 Å². The molecule has 0 spiro atoms. The minimum Gasteiger partial charge on any atom is -0.469 e. The van der Waals surface area contributed by atoms with Gasteiger partial charge >= 0.3 is 5.97 Å². The molecule has 1 aromatic heterocycles. The first kappa shape index (κ1) is 20.0. The Morgan fingerprint density at radius 2 is 1.96 bits per heavy atom. The van der Waals surface area contributed by atoms with Gasteiger partial charge in [0, 0.05) is 22.5 Å². The fraction of sp³-hybridized carbons (Fsp3) is 0.400. The van der Waals surface area contributed by atoms with E-state index < -0.39 is 0 Å². The third-order valence-electron chi connectivity index (χ3n) is 4.69. The molecule has 2 N–H and O–H groups in total. The van der Waals surface area contributed by atoms with Gasteiger partial charge in [-0.1, -0.05) is 25.3 Å². The quantitative estimate of drug-likeness (QED) is 0.721. The molecule has 2 aromatic rings. The van der Waals surface area contributed by atoms with Crippen LogP contribution in [0.4, 0.5) is 10.8 Å². The lowest BCUT2D eigenvalue weighted by atomic mass is 9.88. The molecule has 28 heavy (non-hydrogen) atoms. The van der Waals surface area contributed by atoms with Crippen molar-refractivity contribution >= 4 is 39.9 Å². The maximum Gasteiger partial charge on any atom is 0.311 e. The van der Waals surface area contributed by atoms with E-state index in [9.17, 15) is 14.4 Å². The Kier molecular flexibility index (Phi) is 6.76. The third kappa shape index (κ3) is 5.39. The molecule has 1 aliphatic rings. The smallest absolute Gasteiger partial charge is 0.311 e. The van der Waals surface area contributed by atoms with E-state index >= 15 is 0 Å². The lowest BCUT2D eigenvalue weighted by Crippen LogP contribution is -2.24. The lowest BCUT2D eigenvalue weighted by molar-refractivity contribution is -0.139. The van der Waals surface area contributed by atoms with Gasteiger partial charge in [0.05, 0.1) is 19.2 Å². The van der Waals surface area contributed by atoms with Gasteiger partial charge in [0.2, 0.25) is 5.91 Å². The number of amides is 2. The van der Waals surface area contributed by atoms with E-state index in [2.05, 4.69) is 20.4 Å². The Bertz CT molecular complexity index is 859. The molecule has 3 rings (SSSR count). The first-order valence-electron chi connectivity index (χ1n) is 9.28. The number of methoxy groups -OCH3 is 1. The largest absolute Gasteiger partial charge is 0.469 e. The number of benzene rings is 1.